The van der Waals surface area contributed by atoms with Crippen LogP contribution in [0.15, 0.2) is 18.6 Å². The largest absolute Gasteiger partial charge is 0.245 e. The van der Waals surface area contributed by atoms with Crippen LogP contribution in [0.25, 0.3) is 0 Å². The molecular weight excluding hydrogens is 160 g/mol. The lowest BCUT2D eigenvalue weighted by Gasteiger charge is -2.23. The predicted molar refractivity (Wildman–Crippen MR) is 54.6 cm³/mol. The van der Waals surface area contributed by atoms with Crippen LogP contribution in [0.5, 0.6) is 0 Å². The van der Waals surface area contributed by atoms with Crippen molar-refractivity contribution in [1.29, 1.82) is 0 Å². The first-order chi connectivity index (χ1) is 6.17. The average molecular weight is 178 g/mol. The van der Waals surface area contributed by atoms with Gasteiger partial charge in [-0.2, -0.15) is 0 Å². The van der Waals surface area contributed by atoms with Crippen molar-refractivity contribution in [3.05, 3.63) is 24.3 Å². The zero-order valence-corrected chi connectivity index (χ0v) is 8.75. The molecule has 2 heteroatoms. The minimum Gasteiger partial charge on any atom is -0.245 e. The Labute approximate surface area is 80.4 Å². The van der Waals surface area contributed by atoms with Crippen molar-refractivity contribution in [1.82, 2.24) is 9.97 Å². The second-order valence-corrected chi connectivity index (χ2v) is 4.08. The number of nitrogens with zero attached hydrogens (tertiary/aromatic N) is 2. The van der Waals surface area contributed by atoms with Crippen LogP contribution in [0.3, 0.4) is 0 Å². The predicted octanol–water partition coefficient (Wildman–Crippen LogP) is 2.94. The molecule has 0 bridgehead atoms. The molecule has 0 aromatic carbocycles. The number of unbranched alkanes of at least 4 members (excludes halogenated alkanes) is 1. The van der Waals surface area contributed by atoms with Crippen molar-refractivity contribution in [3.8, 4) is 0 Å². The van der Waals surface area contributed by atoms with Gasteiger partial charge >= 0.3 is 0 Å². The van der Waals surface area contributed by atoms with Gasteiger partial charge in [-0.05, 0) is 12.5 Å². The van der Waals surface area contributed by atoms with E-state index in [-0.39, 0.29) is 5.41 Å². The zero-order chi connectivity index (χ0) is 9.73. The highest BCUT2D eigenvalue weighted by Crippen LogP contribution is 2.26. The summed E-state index contributed by atoms with van der Waals surface area (Å²) < 4.78 is 0. The molecule has 1 aromatic heterocycles. The van der Waals surface area contributed by atoms with Gasteiger partial charge < -0.3 is 0 Å². The Balaban J connectivity index is 2.69. The Hall–Kier alpha value is -0.920. The van der Waals surface area contributed by atoms with Crippen LogP contribution in [0.4, 0.5) is 0 Å². The lowest BCUT2D eigenvalue weighted by molar-refractivity contribution is 0.444. The van der Waals surface area contributed by atoms with Gasteiger partial charge in [0.25, 0.3) is 0 Å². The molecule has 2 nitrogen and oxygen atoms in total. The van der Waals surface area contributed by atoms with Gasteiger partial charge in [0.05, 0.1) is 0 Å². The first kappa shape index (κ1) is 10.2. The molecule has 0 atom stereocenters. The molecule has 1 heterocycles. The summed E-state index contributed by atoms with van der Waals surface area (Å²) in [6.45, 7) is 6.70. The van der Waals surface area contributed by atoms with E-state index in [0.717, 1.165) is 5.69 Å². The highest BCUT2D eigenvalue weighted by molar-refractivity contribution is 5.11. The van der Waals surface area contributed by atoms with Gasteiger partial charge in [-0.25, -0.2) is 9.97 Å². The lowest BCUT2D eigenvalue weighted by Crippen LogP contribution is -2.18. The second kappa shape index (κ2) is 4.35. The Morgan fingerprint density at radius 1 is 1.38 bits per heavy atom. The summed E-state index contributed by atoms with van der Waals surface area (Å²) in [7, 11) is 0. The van der Waals surface area contributed by atoms with Crippen molar-refractivity contribution in [2.75, 3.05) is 0 Å². The molecule has 1 aromatic rings. The molecule has 1 rings (SSSR count). The van der Waals surface area contributed by atoms with E-state index in [0.29, 0.717) is 0 Å². The van der Waals surface area contributed by atoms with E-state index >= 15 is 0 Å². The van der Waals surface area contributed by atoms with E-state index in [1.807, 2.05) is 12.3 Å². The summed E-state index contributed by atoms with van der Waals surface area (Å²) in [6, 6.07) is 2.01. The van der Waals surface area contributed by atoms with E-state index in [4.69, 9.17) is 0 Å². The smallest absolute Gasteiger partial charge is 0.115 e. The minimum absolute atomic E-state index is 0.193. The van der Waals surface area contributed by atoms with Crippen LogP contribution in [0, 0.1) is 0 Å². The molecule has 72 valence electrons. The zero-order valence-electron chi connectivity index (χ0n) is 8.75. The van der Waals surface area contributed by atoms with Crippen LogP contribution in [0.1, 0.15) is 45.7 Å². The van der Waals surface area contributed by atoms with Gasteiger partial charge in [0, 0.05) is 17.3 Å². The third-order valence-electron chi connectivity index (χ3n) is 2.43. The summed E-state index contributed by atoms with van der Waals surface area (Å²) in [5.41, 5.74) is 1.34. The van der Waals surface area contributed by atoms with E-state index in [1.165, 1.54) is 19.3 Å². The molecule has 0 saturated carbocycles. The second-order valence-electron chi connectivity index (χ2n) is 4.08. The summed E-state index contributed by atoms with van der Waals surface area (Å²) in [6.07, 6.45) is 7.14. The Morgan fingerprint density at radius 2 is 2.15 bits per heavy atom. The Morgan fingerprint density at radius 3 is 2.69 bits per heavy atom. The highest BCUT2D eigenvalue weighted by Gasteiger charge is 2.20. The van der Waals surface area contributed by atoms with E-state index in [9.17, 15) is 0 Å². The van der Waals surface area contributed by atoms with Gasteiger partial charge in [0.1, 0.15) is 6.33 Å². The molecule has 0 aliphatic carbocycles. The molecule has 0 amide bonds. The molecule has 0 saturated heterocycles. The first-order valence-electron chi connectivity index (χ1n) is 4.93. The lowest BCUT2D eigenvalue weighted by atomic mass is 9.84. The van der Waals surface area contributed by atoms with Crippen LogP contribution in [-0.4, -0.2) is 9.97 Å². The maximum atomic E-state index is 4.29. The molecule has 0 N–H and O–H groups in total. The quantitative estimate of drug-likeness (QED) is 0.708. The van der Waals surface area contributed by atoms with Gasteiger partial charge in [-0.3, -0.25) is 0 Å². The molecular formula is C11H18N2. The summed E-state index contributed by atoms with van der Waals surface area (Å²) in [5.74, 6) is 0. The number of rotatable bonds is 4. The monoisotopic (exact) mass is 178 g/mol. The molecule has 0 fully saturated rings. The number of aromatic nitrogens is 2. The summed E-state index contributed by atoms with van der Waals surface area (Å²) in [4.78, 5) is 8.22. The van der Waals surface area contributed by atoms with Crippen molar-refractivity contribution < 1.29 is 0 Å². The summed E-state index contributed by atoms with van der Waals surface area (Å²) in [5, 5.41) is 0. The van der Waals surface area contributed by atoms with E-state index in [1.54, 1.807) is 6.33 Å². The van der Waals surface area contributed by atoms with Crippen LogP contribution in [-0.2, 0) is 5.41 Å². The van der Waals surface area contributed by atoms with Crippen molar-refractivity contribution in [2.24, 2.45) is 0 Å². The maximum absolute atomic E-state index is 4.29. The molecule has 13 heavy (non-hydrogen) atoms. The number of hydrogen-bond acceptors (Lipinski definition) is 2. The molecule has 0 spiro atoms. The fraction of sp³-hybridized carbons (Fsp3) is 0.636. The SMILES string of the molecule is CCCCC(C)(C)c1ccncn1. The normalized spacial score (nSPS) is 11.6. The van der Waals surface area contributed by atoms with Crippen molar-refractivity contribution in [2.45, 2.75) is 45.4 Å². The van der Waals surface area contributed by atoms with Crippen LogP contribution < -0.4 is 0 Å². The topological polar surface area (TPSA) is 25.8 Å². The molecule has 0 unspecified atom stereocenters. The van der Waals surface area contributed by atoms with Gasteiger partial charge in [-0.1, -0.05) is 33.6 Å². The van der Waals surface area contributed by atoms with Crippen LogP contribution in [0.2, 0.25) is 0 Å². The van der Waals surface area contributed by atoms with Crippen LogP contribution >= 0.6 is 0 Å². The number of hydrogen-bond donors (Lipinski definition) is 0. The van der Waals surface area contributed by atoms with E-state index in [2.05, 4.69) is 30.7 Å². The van der Waals surface area contributed by atoms with Gasteiger partial charge in [0.15, 0.2) is 0 Å². The van der Waals surface area contributed by atoms with Gasteiger partial charge in [0.2, 0.25) is 0 Å². The summed E-state index contributed by atoms with van der Waals surface area (Å²) >= 11 is 0. The first-order valence-corrected chi connectivity index (χ1v) is 4.93. The molecule has 0 radical (unpaired) electrons. The fourth-order valence-electron chi connectivity index (χ4n) is 1.44. The third-order valence-corrected chi connectivity index (χ3v) is 2.43. The molecule has 0 aliphatic heterocycles. The Kier molecular flexibility index (Phi) is 3.40. The highest BCUT2D eigenvalue weighted by atomic mass is 14.8. The average Bonchev–Trinajstić information content (AvgIpc) is 2.16. The maximum Gasteiger partial charge on any atom is 0.115 e. The van der Waals surface area contributed by atoms with Crippen molar-refractivity contribution in [3.63, 3.8) is 0 Å². The van der Waals surface area contributed by atoms with Crippen molar-refractivity contribution >= 4 is 0 Å². The Bertz CT molecular complexity index is 242. The standard InChI is InChI=1S/C11H18N2/c1-4-5-7-11(2,3)10-6-8-12-9-13-10/h6,8-9H,4-5,7H2,1-3H3. The van der Waals surface area contributed by atoms with E-state index < -0.39 is 0 Å². The third kappa shape index (κ3) is 2.79. The van der Waals surface area contributed by atoms with Gasteiger partial charge in [-0.15, -0.1) is 0 Å². The fourth-order valence-corrected chi connectivity index (χ4v) is 1.44. The molecule has 0 aliphatic rings. The minimum atomic E-state index is 0.193.